The number of carbonyl (C=O) groups is 2. The molecule has 3 nitrogen and oxygen atoms in total. The molecule has 0 aliphatic carbocycles. The molecule has 60 valence electrons. The van der Waals surface area contributed by atoms with Crippen LogP contribution in [0, 0.1) is 0 Å². The first-order valence-electron chi connectivity index (χ1n) is 3.22. The van der Waals surface area contributed by atoms with E-state index in [1.807, 2.05) is 0 Å². The van der Waals surface area contributed by atoms with Gasteiger partial charge in [-0.25, -0.2) is 0 Å². The van der Waals surface area contributed by atoms with Gasteiger partial charge in [0.05, 0.1) is 0 Å². The summed E-state index contributed by atoms with van der Waals surface area (Å²) >= 11 is 0. The number of amides is 1. The van der Waals surface area contributed by atoms with Gasteiger partial charge >= 0.3 is 0 Å². The molecular formula is C8H11NO2. The van der Waals surface area contributed by atoms with Crippen LogP contribution in [0.15, 0.2) is 25.3 Å². The number of aldehydes is 1. The van der Waals surface area contributed by atoms with Crippen LogP contribution in [0.1, 0.15) is 0 Å². The first-order chi connectivity index (χ1) is 5.26. The lowest BCUT2D eigenvalue weighted by Crippen LogP contribution is -2.31. The number of hydrogen-bond donors (Lipinski definition) is 0. The fourth-order valence-corrected chi connectivity index (χ4v) is 0.641. The lowest BCUT2D eigenvalue weighted by atomic mass is 10.4. The monoisotopic (exact) mass is 153 g/mol. The molecule has 0 bridgehead atoms. The van der Waals surface area contributed by atoms with Crippen molar-refractivity contribution in [2.75, 3.05) is 13.1 Å². The van der Waals surface area contributed by atoms with Gasteiger partial charge in [0.15, 0.2) is 0 Å². The normalized spacial score (nSPS) is 8.36. The Hall–Kier alpha value is -1.38. The Morgan fingerprint density at radius 1 is 1.27 bits per heavy atom. The molecule has 0 aliphatic heterocycles. The van der Waals surface area contributed by atoms with Crippen LogP contribution < -0.4 is 0 Å². The van der Waals surface area contributed by atoms with Crippen molar-refractivity contribution in [1.82, 2.24) is 4.90 Å². The van der Waals surface area contributed by atoms with Crippen molar-refractivity contribution < 1.29 is 9.59 Å². The molecule has 0 N–H and O–H groups in total. The van der Waals surface area contributed by atoms with Gasteiger partial charge in [0.1, 0.15) is 0 Å². The van der Waals surface area contributed by atoms with Crippen LogP contribution >= 0.6 is 0 Å². The fraction of sp³-hybridized carbons (Fsp3) is 0.250. The van der Waals surface area contributed by atoms with E-state index in [0.29, 0.717) is 13.1 Å². The molecule has 0 saturated carbocycles. The van der Waals surface area contributed by atoms with E-state index in [9.17, 15) is 9.59 Å². The molecule has 0 spiro atoms. The first-order valence-corrected chi connectivity index (χ1v) is 3.22. The zero-order valence-electron chi connectivity index (χ0n) is 6.32. The summed E-state index contributed by atoms with van der Waals surface area (Å²) in [6.45, 7) is 7.67. The molecule has 0 aromatic rings. The third-order valence-corrected chi connectivity index (χ3v) is 1.11. The largest absolute Gasteiger partial charge is 0.329 e. The fourth-order valence-electron chi connectivity index (χ4n) is 0.641. The van der Waals surface area contributed by atoms with Crippen LogP contribution in [0.4, 0.5) is 0 Å². The molecule has 0 aromatic heterocycles. The van der Waals surface area contributed by atoms with E-state index < -0.39 is 5.91 Å². The van der Waals surface area contributed by atoms with Gasteiger partial charge in [0, 0.05) is 13.1 Å². The minimum absolute atomic E-state index is 0.285. The summed E-state index contributed by atoms with van der Waals surface area (Å²) in [6, 6.07) is 0. The van der Waals surface area contributed by atoms with Crippen LogP contribution in [-0.2, 0) is 9.59 Å². The zero-order valence-corrected chi connectivity index (χ0v) is 6.32. The Morgan fingerprint density at radius 2 is 1.73 bits per heavy atom. The third-order valence-electron chi connectivity index (χ3n) is 1.11. The number of rotatable bonds is 5. The zero-order chi connectivity index (χ0) is 8.69. The SMILES string of the molecule is C=CCN(CC=C)C(=O)C=O. The molecule has 1 amide bonds. The Balaban J connectivity index is 4.06. The van der Waals surface area contributed by atoms with Gasteiger partial charge in [-0.3, -0.25) is 9.59 Å². The van der Waals surface area contributed by atoms with Crippen molar-refractivity contribution >= 4 is 12.2 Å². The standard InChI is InChI=1S/C8H11NO2/c1-3-5-9(6-4-2)8(11)7-10/h3-4,7H,1-2,5-6H2. The van der Waals surface area contributed by atoms with Crippen molar-refractivity contribution in [3.05, 3.63) is 25.3 Å². The van der Waals surface area contributed by atoms with Crippen LogP contribution in [0.5, 0.6) is 0 Å². The topological polar surface area (TPSA) is 37.4 Å². The van der Waals surface area contributed by atoms with Crippen molar-refractivity contribution in [2.24, 2.45) is 0 Å². The van der Waals surface area contributed by atoms with Crippen molar-refractivity contribution in [3.63, 3.8) is 0 Å². The second-order valence-corrected chi connectivity index (χ2v) is 1.94. The second-order valence-electron chi connectivity index (χ2n) is 1.94. The lowest BCUT2D eigenvalue weighted by Gasteiger charge is -2.14. The lowest BCUT2D eigenvalue weighted by molar-refractivity contribution is -0.138. The quantitative estimate of drug-likeness (QED) is 0.325. The molecule has 0 saturated heterocycles. The molecule has 0 aromatic carbocycles. The van der Waals surface area contributed by atoms with Crippen LogP contribution in [0.25, 0.3) is 0 Å². The van der Waals surface area contributed by atoms with Crippen LogP contribution in [0.3, 0.4) is 0 Å². The van der Waals surface area contributed by atoms with Gasteiger partial charge in [0.2, 0.25) is 6.29 Å². The maximum absolute atomic E-state index is 10.8. The predicted octanol–water partition coefficient (Wildman–Crippen LogP) is 0.386. The molecule has 11 heavy (non-hydrogen) atoms. The molecule has 0 fully saturated rings. The predicted molar refractivity (Wildman–Crippen MR) is 43.0 cm³/mol. The molecular weight excluding hydrogens is 142 g/mol. The minimum Gasteiger partial charge on any atom is -0.329 e. The maximum atomic E-state index is 10.8. The summed E-state index contributed by atoms with van der Waals surface area (Å²) in [7, 11) is 0. The number of nitrogens with zero attached hydrogens (tertiary/aromatic N) is 1. The van der Waals surface area contributed by atoms with Gasteiger partial charge < -0.3 is 4.90 Å². The Kier molecular flexibility index (Phi) is 4.73. The minimum atomic E-state index is -0.537. The maximum Gasteiger partial charge on any atom is 0.287 e. The molecule has 0 heterocycles. The van der Waals surface area contributed by atoms with Crippen molar-refractivity contribution in [3.8, 4) is 0 Å². The summed E-state index contributed by atoms with van der Waals surface area (Å²) < 4.78 is 0. The van der Waals surface area contributed by atoms with Gasteiger partial charge in [-0.2, -0.15) is 0 Å². The van der Waals surface area contributed by atoms with Gasteiger partial charge in [-0.1, -0.05) is 12.2 Å². The molecule has 0 rings (SSSR count). The van der Waals surface area contributed by atoms with E-state index in [-0.39, 0.29) is 6.29 Å². The van der Waals surface area contributed by atoms with E-state index in [0.717, 1.165) is 0 Å². The molecule has 3 heteroatoms. The third kappa shape index (κ3) is 3.35. The summed E-state index contributed by atoms with van der Waals surface area (Å²) in [5.41, 5.74) is 0. The summed E-state index contributed by atoms with van der Waals surface area (Å²) in [5.74, 6) is -0.537. The molecule has 0 radical (unpaired) electrons. The van der Waals surface area contributed by atoms with E-state index in [4.69, 9.17) is 0 Å². The average molecular weight is 153 g/mol. The smallest absolute Gasteiger partial charge is 0.287 e. The molecule has 0 aliphatic rings. The highest BCUT2D eigenvalue weighted by Crippen LogP contribution is 1.87. The molecule has 0 unspecified atom stereocenters. The van der Waals surface area contributed by atoms with Gasteiger partial charge in [-0.15, -0.1) is 13.2 Å². The molecule has 0 atom stereocenters. The van der Waals surface area contributed by atoms with Crippen LogP contribution in [-0.4, -0.2) is 30.2 Å². The highest BCUT2D eigenvalue weighted by Gasteiger charge is 2.07. The Labute approximate surface area is 66.0 Å². The number of carbonyl (C=O) groups excluding carboxylic acids is 2. The summed E-state index contributed by atoms with van der Waals surface area (Å²) in [6.07, 6.45) is 3.41. The van der Waals surface area contributed by atoms with Crippen LogP contribution in [0.2, 0.25) is 0 Å². The first kappa shape index (κ1) is 9.62. The highest BCUT2D eigenvalue weighted by atomic mass is 16.2. The Bertz CT molecular complexity index is 165. The van der Waals surface area contributed by atoms with E-state index in [2.05, 4.69) is 13.2 Å². The van der Waals surface area contributed by atoms with E-state index in [1.54, 1.807) is 12.2 Å². The van der Waals surface area contributed by atoms with Crippen molar-refractivity contribution in [2.45, 2.75) is 0 Å². The van der Waals surface area contributed by atoms with Crippen molar-refractivity contribution in [1.29, 1.82) is 0 Å². The summed E-state index contributed by atoms with van der Waals surface area (Å²) in [4.78, 5) is 22.1. The number of hydrogen-bond acceptors (Lipinski definition) is 2. The highest BCUT2D eigenvalue weighted by molar-refractivity contribution is 6.23. The summed E-state index contributed by atoms with van der Waals surface area (Å²) in [5, 5.41) is 0. The van der Waals surface area contributed by atoms with E-state index >= 15 is 0 Å². The average Bonchev–Trinajstić information content (AvgIpc) is 2.03. The van der Waals surface area contributed by atoms with E-state index in [1.165, 1.54) is 4.90 Å². The Morgan fingerprint density at radius 3 is 2.00 bits per heavy atom. The van der Waals surface area contributed by atoms with Gasteiger partial charge in [-0.05, 0) is 0 Å². The second kappa shape index (κ2) is 5.41. The van der Waals surface area contributed by atoms with Gasteiger partial charge in [0.25, 0.3) is 5.91 Å².